The average Bonchev–Trinajstić information content (AvgIpc) is 2.90. The van der Waals surface area contributed by atoms with E-state index in [1.807, 2.05) is 24.3 Å². The molecule has 2 aromatic rings. The van der Waals surface area contributed by atoms with Crippen molar-refractivity contribution in [1.82, 2.24) is 14.1 Å². The van der Waals surface area contributed by atoms with Gasteiger partial charge in [0.05, 0.1) is 24.0 Å². The van der Waals surface area contributed by atoms with Gasteiger partial charge in [0.15, 0.2) is 5.69 Å². The number of carbonyl (C=O) groups excluding carboxylic acids is 1. The second-order valence-electron chi connectivity index (χ2n) is 4.54. The molecular formula is C13H14ClN3OS. The van der Waals surface area contributed by atoms with E-state index >= 15 is 0 Å². The van der Waals surface area contributed by atoms with Crippen molar-refractivity contribution in [2.24, 2.45) is 5.92 Å². The van der Waals surface area contributed by atoms with E-state index < -0.39 is 0 Å². The van der Waals surface area contributed by atoms with Crippen LogP contribution in [0.2, 0.25) is 5.02 Å². The Morgan fingerprint density at radius 2 is 2.00 bits per heavy atom. The quantitative estimate of drug-likeness (QED) is 0.941. The Morgan fingerprint density at radius 1 is 1.32 bits per heavy atom. The lowest BCUT2D eigenvalue weighted by Gasteiger charge is -2.22. The van der Waals surface area contributed by atoms with E-state index in [1.54, 1.807) is 0 Å². The molecule has 6 heteroatoms. The number of hydrogen-bond acceptors (Lipinski definition) is 4. The van der Waals surface area contributed by atoms with Gasteiger partial charge < -0.3 is 5.32 Å². The highest BCUT2D eigenvalue weighted by Crippen LogP contribution is 2.23. The Bertz CT molecular complexity index is 540. The van der Waals surface area contributed by atoms with Crippen LogP contribution in [-0.2, 0) is 0 Å². The van der Waals surface area contributed by atoms with Gasteiger partial charge in [-0.05, 0) is 23.6 Å². The minimum atomic E-state index is -0.206. The van der Waals surface area contributed by atoms with Crippen LogP contribution in [0, 0.1) is 5.92 Å². The molecule has 1 atom stereocenters. The molecule has 0 aliphatic rings. The second kappa shape index (κ2) is 6.12. The van der Waals surface area contributed by atoms with Crippen LogP contribution in [0.15, 0.2) is 30.5 Å². The molecular weight excluding hydrogens is 282 g/mol. The van der Waals surface area contributed by atoms with Crippen molar-refractivity contribution in [2.45, 2.75) is 19.9 Å². The smallest absolute Gasteiger partial charge is 0.273 e. The lowest BCUT2D eigenvalue weighted by Crippen LogP contribution is -2.31. The Labute approximate surface area is 121 Å². The van der Waals surface area contributed by atoms with E-state index in [-0.39, 0.29) is 17.9 Å². The molecule has 0 unspecified atom stereocenters. The van der Waals surface area contributed by atoms with Gasteiger partial charge in [0, 0.05) is 5.02 Å². The Hall–Kier alpha value is -1.46. The first-order valence-corrected chi connectivity index (χ1v) is 7.02. The number of rotatable bonds is 4. The van der Waals surface area contributed by atoms with Gasteiger partial charge in [-0.2, -0.15) is 8.75 Å². The summed E-state index contributed by atoms with van der Waals surface area (Å²) < 4.78 is 7.77. The van der Waals surface area contributed by atoms with Crippen molar-refractivity contribution >= 4 is 29.2 Å². The lowest BCUT2D eigenvalue weighted by atomic mass is 9.96. The lowest BCUT2D eigenvalue weighted by molar-refractivity contribution is 0.0921. The van der Waals surface area contributed by atoms with Gasteiger partial charge in [-0.3, -0.25) is 4.79 Å². The molecule has 100 valence electrons. The zero-order valence-electron chi connectivity index (χ0n) is 10.6. The maximum absolute atomic E-state index is 12.0. The molecule has 0 aliphatic heterocycles. The molecule has 1 amide bonds. The zero-order valence-corrected chi connectivity index (χ0v) is 12.2. The fourth-order valence-electron chi connectivity index (χ4n) is 1.78. The second-order valence-corrected chi connectivity index (χ2v) is 5.53. The molecule has 4 nitrogen and oxygen atoms in total. The fourth-order valence-corrected chi connectivity index (χ4v) is 2.32. The first kappa shape index (κ1) is 14.0. The molecule has 19 heavy (non-hydrogen) atoms. The van der Waals surface area contributed by atoms with E-state index in [4.69, 9.17) is 11.6 Å². The molecule has 1 aromatic heterocycles. The Morgan fingerprint density at radius 3 is 2.53 bits per heavy atom. The normalized spacial score (nSPS) is 12.4. The molecule has 1 N–H and O–H groups in total. The molecule has 1 aromatic carbocycles. The fraction of sp³-hybridized carbons (Fsp3) is 0.308. The highest BCUT2D eigenvalue weighted by molar-refractivity contribution is 6.99. The zero-order chi connectivity index (χ0) is 13.8. The van der Waals surface area contributed by atoms with E-state index in [9.17, 15) is 4.79 Å². The van der Waals surface area contributed by atoms with Gasteiger partial charge in [0.1, 0.15) is 0 Å². The summed E-state index contributed by atoms with van der Waals surface area (Å²) in [5, 5.41) is 3.66. The average molecular weight is 296 g/mol. The predicted molar refractivity (Wildman–Crippen MR) is 76.4 cm³/mol. The number of aromatic nitrogens is 2. The number of amides is 1. The number of hydrogen-bond donors (Lipinski definition) is 1. The standard InChI is InChI=1S/C13H14ClN3OS/c1-8(2)12(9-3-5-10(14)6-4-9)16-13(18)11-7-15-19-17-11/h3-8,12H,1-2H3,(H,16,18)/t12-/m0/s1. The van der Waals surface area contributed by atoms with Crippen LogP contribution in [0.1, 0.15) is 35.9 Å². The Kier molecular flexibility index (Phi) is 4.50. The summed E-state index contributed by atoms with van der Waals surface area (Å²) in [6.07, 6.45) is 1.47. The van der Waals surface area contributed by atoms with E-state index in [1.165, 1.54) is 6.20 Å². The molecule has 0 saturated heterocycles. The largest absolute Gasteiger partial charge is 0.344 e. The number of halogens is 1. The monoisotopic (exact) mass is 295 g/mol. The van der Waals surface area contributed by atoms with Crippen molar-refractivity contribution < 1.29 is 4.79 Å². The SMILES string of the molecule is CC(C)[C@H](NC(=O)c1cnsn1)c1ccc(Cl)cc1. The molecule has 0 radical (unpaired) electrons. The third-order valence-electron chi connectivity index (χ3n) is 2.78. The highest BCUT2D eigenvalue weighted by Gasteiger charge is 2.20. The highest BCUT2D eigenvalue weighted by atomic mass is 35.5. The van der Waals surface area contributed by atoms with Gasteiger partial charge in [0.2, 0.25) is 0 Å². The summed E-state index contributed by atoms with van der Waals surface area (Å²) in [5.41, 5.74) is 1.38. The summed E-state index contributed by atoms with van der Waals surface area (Å²) in [5.74, 6) is 0.0547. The molecule has 0 fully saturated rings. The minimum absolute atomic E-state index is 0.0773. The summed E-state index contributed by atoms with van der Waals surface area (Å²) in [6, 6.07) is 7.41. The molecule has 0 aliphatic carbocycles. The van der Waals surface area contributed by atoms with Crippen LogP contribution in [0.3, 0.4) is 0 Å². The van der Waals surface area contributed by atoms with Gasteiger partial charge in [-0.1, -0.05) is 37.6 Å². The summed E-state index contributed by atoms with van der Waals surface area (Å²) in [4.78, 5) is 12.0. The molecule has 0 saturated carbocycles. The molecule has 1 heterocycles. The maximum Gasteiger partial charge on any atom is 0.273 e. The van der Waals surface area contributed by atoms with Gasteiger partial charge >= 0.3 is 0 Å². The van der Waals surface area contributed by atoms with E-state index in [0.717, 1.165) is 17.3 Å². The topological polar surface area (TPSA) is 54.9 Å². The van der Waals surface area contributed by atoms with Crippen LogP contribution in [0.4, 0.5) is 0 Å². The van der Waals surface area contributed by atoms with Gasteiger partial charge in [-0.25, -0.2) is 0 Å². The van der Waals surface area contributed by atoms with Crippen LogP contribution in [0.5, 0.6) is 0 Å². The molecule has 0 spiro atoms. The van der Waals surface area contributed by atoms with Crippen molar-refractivity contribution in [3.8, 4) is 0 Å². The van der Waals surface area contributed by atoms with Crippen LogP contribution in [-0.4, -0.2) is 14.7 Å². The number of nitrogens with zero attached hydrogens (tertiary/aromatic N) is 2. The first-order chi connectivity index (χ1) is 9.08. The van der Waals surface area contributed by atoms with Crippen LogP contribution in [0.25, 0.3) is 0 Å². The summed E-state index contributed by atoms with van der Waals surface area (Å²) >= 11 is 6.90. The van der Waals surface area contributed by atoms with Crippen LogP contribution < -0.4 is 5.32 Å². The van der Waals surface area contributed by atoms with Crippen molar-refractivity contribution in [3.05, 3.63) is 46.7 Å². The summed E-state index contributed by atoms with van der Waals surface area (Å²) in [7, 11) is 0. The third-order valence-corrected chi connectivity index (χ3v) is 3.51. The predicted octanol–water partition coefficient (Wildman–Crippen LogP) is 3.32. The number of benzene rings is 1. The molecule has 2 rings (SSSR count). The summed E-state index contributed by atoms with van der Waals surface area (Å²) in [6.45, 7) is 4.11. The van der Waals surface area contributed by atoms with Gasteiger partial charge in [-0.15, -0.1) is 0 Å². The molecule has 0 bridgehead atoms. The number of nitrogens with one attached hydrogen (secondary N) is 1. The van der Waals surface area contributed by atoms with E-state index in [0.29, 0.717) is 10.7 Å². The van der Waals surface area contributed by atoms with Crippen molar-refractivity contribution in [1.29, 1.82) is 0 Å². The van der Waals surface area contributed by atoms with Gasteiger partial charge in [0.25, 0.3) is 5.91 Å². The van der Waals surface area contributed by atoms with Crippen molar-refractivity contribution in [2.75, 3.05) is 0 Å². The minimum Gasteiger partial charge on any atom is -0.344 e. The van der Waals surface area contributed by atoms with E-state index in [2.05, 4.69) is 27.9 Å². The third kappa shape index (κ3) is 3.52. The van der Waals surface area contributed by atoms with Crippen LogP contribution >= 0.6 is 23.3 Å². The first-order valence-electron chi connectivity index (χ1n) is 5.92. The van der Waals surface area contributed by atoms with Crippen molar-refractivity contribution in [3.63, 3.8) is 0 Å². The Balaban J connectivity index is 2.17. The number of carbonyl (C=O) groups is 1. The maximum atomic E-state index is 12.0.